The van der Waals surface area contributed by atoms with Gasteiger partial charge in [0.2, 0.25) is 23.6 Å². The highest BCUT2D eigenvalue weighted by atomic mass is 16.6. The van der Waals surface area contributed by atoms with Crippen LogP contribution in [-0.2, 0) is 19.2 Å². The number of nitro benzene ring substituents is 1. The van der Waals surface area contributed by atoms with Crippen LogP contribution in [0.25, 0.3) is 24.3 Å². The first-order valence-corrected chi connectivity index (χ1v) is 12.0. The number of rotatable bonds is 7. The zero-order valence-electron chi connectivity index (χ0n) is 22.0. The van der Waals surface area contributed by atoms with Crippen LogP contribution in [0.3, 0.4) is 0 Å². The Labute approximate surface area is 225 Å². The minimum Gasteiger partial charge on any atom is -0.274 e. The molecule has 0 aliphatic carbocycles. The topological polar surface area (TPSA) is 118 Å². The van der Waals surface area contributed by atoms with Gasteiger partial charge in [-0.25, -0.2) is 0 Å². The number of benzene rings is 3. The Bertz CT molecular complexity index is 1360. The molecule has 0 fully saturated rings. The predicted octanol–water partition coefficient (Wildman–Crippen LogP) is 5.73. The first-order chi connectivity index (χ1) is 18.5. The van der Waals surface area contributed by atoms with Gasteiger partial charge in [-0.05, 0) is 29.3 Å². The number of hydrogen-bond acceptors (Lipinski definition) is 6. The number of carbonyl (C=O) groups excluding carboxylic acids is 4. The SMILES string of the molecule is CC(=O)N(C(C)=O)c1cc(N(C(C)=O)C(C)=O)c(/C=C/c2ccccc2)c([N+](=O)[O-])c1/C=C/c1ccccc1. The van der Waals surface area contributed by atoms with Gasteiger partial charge >= 0.3 is 0 Å². The molecule has 3 aromatic carbocycles. The van der Waals surface area contributed by atoms with Gasteiger partial charge in [-0.15, -0.1) is 0 Å². The summed E-state index contributed by atoms with van der Waals surface area (Å²) in [5, 5.41) is 12.7. The van der Waals surface area contributed by atoms with E-state index in [0.717, 1.165) is 48.6 Å². The average Bonchev–Trinajstić information content (AvgIpc) is 2.87. The summed E-state index contributed by atoms with van der Waals surface area (Å²) in [7, 11) is 0. The molecule has 9 heteroatoms. The molecule has 0 aromatic heterocycles. The molecule has 0 heterocycles. The third-order valence-corrected chi connectivity index (χ3v) is 5.74. The van der Waals surface area contributed by atoms with E-state index >= 15 is 0 Å². The van der Waals surface area contributed by atoms with E-state index in [1.54, 1.807) is 60.7 Å². The molecular weight excluding hydrogens is 498 g/mol. The lowest BCUT2D eigenvalue weighted by Crippen LogP contribution is -2.36. The lowest BCUT2D eigenvalue weighted by Gasteiger charge is -2.25. The van der Waals surface area contributed by atoms with E-state index in [2.05, 4.69) is 0 Å². The van der Waals surface area contributed by atoms with Crippen molar-refractivity contribution < 1.29 is 24.1 Å². The fourth-order valence-electron chi connectivity index (χ4n) is 4.18. The maximum Gasteiger partial charge on any atom is 0.287 e. The quantitative estimate of drug-likeness (QED) is 0.221. The summed E-state index contributed by atoms with van der Waals surface area (Å²) in [6.45, 7) is 4.59. The minimum absolute atomic E-state index is 0.0437. The Morgan fingerprint density at radius 1 is 0.615 bits per heavy atom. The van der Waals surface area contributed by atoms with Crippen LogP contribution < -0.4 is 9.80 Å². The molecule has 4 amide bonds. The fourth-order valence-corrected chi connectivity index (χ4v) is 4.18. The van der Waals surface area contributed by atoms with Crippen molar-refractivity contribution in [2.24, 2.45) is 0 Å². The zero-order chi connectivity index (χ0) is 28.7. The van der Waals surface area contributed by atoms with E-state index in [1.165, 1.54) is 18.2 Å². The molecule has 0 bridgehead atoms. The highest BCUT2D eigenvalue weighted by molar-refractivity contribution is 6.19. The lowest BCUT2D eigenvalue weighted by molar-refractivity contribution is -0.385. The average molecular weight is 526 g/mol. The summed E-state index contributed by atoms with van der Waals surface area (Å²) in [5.41, 5.74) is 0.600. The van der Waals surface area contributed by atoms with Crippen LogP contribution in [0, 0.1) is 10.1 Å². The number of hydrogen-bond donors (Lipinski definition) is 0. The molecule has 3 aromatic rings. The highest BCUT2D eigenvalue weighted by Gasteiger charge is 2.33. The van der Waals surface area contributed by atoms with Crippen LogP contribution in [0.1, 0.15) is 49.9 Å². The molecule has 198 valence electrons. The van der Waals surface area contributed by atoms with Crippen LogP contribution in [-0.4, -0.2) is 28.6 Å². The van der Waals surface area contributed by atoms with Crippen molar-refractivity contribution in [2.45, 2.75) is 27.7 Å². The molecule has 0 saturated carbocycles. The van der Waals surface area contributed by atoms with Crippen molar-refractivity contribution in [1.82, 2.24) is 0 Å². The molecule has 0 saturated heterocycles. The highest BCUT2D eigenvalue weighted by Crippen LogP contribution is 2.42. The van der Waals surface area contributed by atoms with Crippen LogP contribution in [0.4, 0.5) is 17.1 Å². The van der Waals surface area contributed by atoms with Crippen LogP contribution in [0.2, 0.25) is 0 Å². The van der Waals surface area contributed by atoms with Crippen molar-refractivity contribution >= 4 is 65.0 Å². The van der Waals surface area contributed by atoms with E-state index in [-0.39, 0.29) is 22.5 Å². The zero-order valence-corrected chi connectivity index (χ0v) is 22.0. The second kappa shape index (κ2) is 12.4. The molecule has 0 unspecified atom stereocenters. The van der Waals surface area contributed by atoms with Gasteiger partial charge < -0.3 is 0 Å². The van der Waals surface area contributed by atoms with Gasteiger partial charge in [0.15, 0.2) is 0 Å². The second-order valence-electron chi connectivity index (χ2n) is 8.58. The third kappa shape index (κ3) is 6.58. The standard InChI is InChI=1S/C30H27N3O6/c1-20(34)31(21(2)35)28-19-29(32(22(3)36)23(4)37)27(18-16-25-13-9-6-10-14-25)30(33(38)39)26(28)17-15-24-11-7-5-8-12-24/h5-19H,1-4H3/b17-15+,18-16+. The second-order valence-corrected chi connectivity index (χ2v) is 8.58. The summed E-state index contributed by atoms with van der Waals surface area (Å²) in [6, 6.07) is 19.2. The maximum atomic E-state index is 12.7. The number of amides is 4. The molecule has 39 heavy (non-hydrogen) atoms. The van der Waals surface area contributed by atoms with Gasteiger partial charge in [-0.1, -0.05) is 72.8 Å². The van der Waals surface area contributed by atoms with Crippen molar-refractivity contribution in [1.29, 1.82) is 0 Å². The Kier molecular flexibility index (Phi) is 9.01. The number of nitro groups is 1. The Balaban J connectivity index is 2.51. The van der Waals surface area contributed by atoms with Crippen molar-refractivity contribution in [3.8, 4) is 0 Å². The maximum absolute atomic E-state index is 12.7. The summed E-state index contributed by atoms with van der Waals surface area (Å²) < 4.78 is 0. The van der Waals surface area contributed by atoms with E-state index in [1.807, 2.05) is 12.1 Å². The molecular formula is C30H27N3O6. The fraction of sp³-hybridized carbons (Fsp3) is 0.133. The smallest absolute Gasteiger partial charge is 0.274 e. The molecule has 9 nitrogen and oxygen atoms in total. The van der Waals surface area contributed by atoms with E-state index in [0.29, 0.717) is 0 Å². The van der Waals surface area contributed by atoms with Crippen LogP contribution in [0.5, 0.6) is 0 Å². The number of nitrogens with zero attached hydrogens (tertiary/aromatic N) is 3. The summed E-state index contributed by atoms with van der Waals surface area (Å²) >= 11 is 0. The van der Waals surface area contributed by atoms with Gasteiger partial charge in [0.25, 0.3) is 5.69 Å². The van der Waals surface area contributed by atoms with E-state index in [9.17, 15) is 29.3 Å². The molecule has 0 N–H and O–H groups in total. The molecule has 0 aliphatic heterocycles. The number of anilines is 2. The Hall–Kier alpha value is -5.18. The first-order valence-electron chi connectivity index (χ1n) is 12.0. The third-order valence-electron chi connectivity index (χ3n) is 5.74. The summed E-state index contributed by atoms with van der Waals surface area (Å²) in [5.74, 6) is -2.77. The Morgan fingerprint density at radius 2 is 0.949 bits per heavy atom. The molecule has 3 rings (SSSR count). The first kappa shape index (κ1) is 28.4. The summed E-state index contributed by atoms with van der Waals surface area (Å²) in [4.78, 5) is 63.9. The van der Waals surface area contributed by atoms with E-state index in [4.69, 9.17) is 0 Å². The molecule has 0 aliphatic rings. The number of imide groups is 2. The predicted molar refractivity (Wildman–Crippen MR) is 152 cm³/mol. The van der Waals surface area contributed by atoms with Gasteiger partial charge in [-0.2, -0.15) is 0 Å². The Morgan fingerprint density at radius 3 is 1.23 bits per heavy atom. The molecule has 0 spiro atoms. The van der Waals surface area contributed by atoms with Crippen molar-refractivity contribution in [2.75, 3.05) is 9.80 Å². The van der Waals surface area contributed by atoms with Gasteiger partial charge in [0.1, 0.15) is 0 Å². The largest absolute Gasteiger partial charge is 0.287 e. The van der Waals surface area contributed by atoms with Crippen molar-refractivity contribution in [3.63, 3.8) is 0 Å². The molecule has 0 atom stereocenters. The normalized spacial score (nSPS) is 11.0. The number of carbonyl (C=O) groups is 4. The lowest BCUT2D eigenvalue weighted by atomic mass is 9.98. The van der Waals surface area contributed by atoms with Crippen molar-refractivity contribution in [3.05, 3.63) is 99.1 Å². The molecule has 0 radical (unpaired) electrons. The monoisotopic (exact) mass is 525 g/mol. The summed E-state index contributed by atoms with van der Waals surface area (Å²) in [6.07, 6.45) is 6.11. The van der Waals surface area contributed by atoms with Gasteiger partial charge in [0, 0.05) is 27.7 Å². The van der Waals surface area contributed by atoms with Gasteiger partial charge in [-0.3, -0.25) is 39.1 Å². The minimum atomic E-state index is -0.693. The van der Waals surface area contributed by atoms with Crippen LogP contribution >= 0.6 is 0 Å². The van der Waals surface area contributed by atoms with Gasteiger partial charge in [0.05, 0.1) is 27.4 Å². The van der Waals surface area contributed by atoms with E-state index < -0.39 is 34.2 Å². The van der Waals surface area contributed by atoms with Crippen LogP contribution in [0.15, 0.2) is 66.7 Å².